The Bertz CT molecular complexity index is 484. The Morgan fingerprint density at radius 3 is 2.59 bits per heavy atom. The number of hydrogen-bond donors (Lipinski definition) is 0. The monoisotopic (exact) mass is 245 g/mol. The molecule has 90 valence electrons. The Balaban J connectivity index is 2.46. The van der Waals surface area contributed by atoms with Gasteiger partial charge in [-0.2, -0.15) is 13.2 Å². The molecule has 17 heavy (non-hydrogen) atoms. The molecule has 4 nitrogen and oxygen atoms in total. The van der Waals surface area contributed by atoms with Crippen molar-refractivity contribution in [1.82, 2.24) is 4.98 Å². The second-order valence-corrected chi connectivity index (χ2v) is 3.49. The van der Waals surface area contributed by atoms with Gasteiger partial charge in [0.1, 0.15) is 5.69 Å². The number of aromatic nitrogens is 1. The van der Waals surface area contributed by atoms with Crippen LogP contribution in [0.3, 0.4) is 0 Å². The van der Waals surface area contributed by atoms with Crippen LogP contribution in [0, 0.1) is 0 Å². The molecule has 1 aromatic rings. The molecule has 0 amide bonds. The van der Waals surface area contributed by atoms with Crippen molar-refractivity contribution >= 4 is 11.9 Å². The molecule has 0 aliphatic carbocycles. The first kappa shape index (κ1) is 11.6. The highest BCUT2D eigenvalue weighted by Gasteiger charge is 2.42. The van der Waals surface area contributed by atoms with Gasteiger partial charge in [-0.05, 0) is 11.6 Å². The zero-order valence-corrected chi connectivity index (χ0v) is 8.32. The normalized spacial score (nSPS) is 20.5. The first-order valence-corrected chi connectivity index (χ1v) is 4.66. The van der Waals surface area contributed by atoms with Crippen molar-refractivity contribution in [2.75, 3.05) is 0 Å². The van der Waals surface area contributed by atoms with Gasteiger partial charge in [-0.1, -0.05) is 6.07 Å². The molecule has 1 fully saturated rings. The number of pyridine rings is 1. The number of carbonyl (C=O) groups excluding carboxylic acids is 2. The lowest BCUT2D eigenvalue weighted by atomic mass is 9.96. The van der Waals surface area contributed by atoms with Gasteiger partial charge in [0.05, 0.1) is 12.3 Å². The van der Waals surface area contributed by atoms with Crippen molar-refractivity contribution in [1.29, 1.82) is 0 Å². The van der Waals surface area contributed by atoms with Crippen molar-refractivity contribution in [3.63, 3.8) is 0 Å². The molecule has 7 heteroatoms. The van der Waals surface area contributed by atoms with Crippen LogP contribution in [0.15, 0.2) is 18.3 Å². The predicted octanol–water partition coefficient (Wildman–Crippen LogP) is 1.66. The highest BCUT2D eigenvalue weighted by molar-refractivity contribution is 5.98. The minimum absolute atomic E-state index is 0.323. The predicted molar refractivity (Wildman–Crippen MR) is 47.7 cm³/mol. The van der Waals surface area contributed by atoms with Gasteiger partial charge in [-0.25, -0.2) is 0 Å². The van der Waals surface area contributed by atoms with Crippen LogP contribution in [0.4, 0.5) is 13.2 Å². The molecule has 0 aromatic carbocycles. The zero-order chi connectivity index (χ0) is 12.6. The summed E-state index contributed by atoms with van der Waals surface area (Å²) in [7, 11) is 0. The fourth-order valence-electron chi connectivity index (χ4n) is 1.65. The van der Waals surface area contributed by atoms with E-state index in [0.717, 1.165) is 12.3 Å². The van der Waals surface area contributed by atoms with Gasteiger partial charge in [-0.3, -0.25) is 14.6 Å². The van der Waals surface area contributed by atoms with Crippen LogP contribution in [0.2, 0.25) is 0 Å². The van der Waals surface area contributed by atoms with Gasteiger partial charge in [0.25, 0.3) is 0 Å². The molecule has 0 saturated carbocycles. The highest BCUT2D eigenvalue weighted by Crippen LogP contribution is 2.36. The van der Waals surface area contributed by atoms with E-state index in [1.165, 1.54) is 6.07 Å². The van der Waals surface area contributed by atoms with Crippen LogP contribution in [-0.4, -0.2) is 16.9 Å². The van der Waals surface area contributed by atoms with Crippen molar-refractivity contribution in [3.05, 3.63) is 29.6 Å². The van der Waals surface area contributed by atoms with Crippen molar-refractivity contribution < 1.29 is 27.5 Å². The van der Waals surface area contributed by atoms with Gasteiger partial charge in [0, 0.05) is 6.20 Å². The molecular weight excluding hydrogens is 239 g/mol. The second-order valence-electron chi connectivity index (χ2n) is 3.49. The van der Waals surface area contributed by atoms with Crippen LogP contribution < -0.4 is 0 Å². The summed E-state index contributed by atoms with van der Waals surface area (Å²) in [5.41, 5.74) is -1.48. The number of nitrogens with zero attached hydrogens (tertiary/aromatic N) is 1. The lowest BCUT2D eigenvalue weighted by Gasteiger charge is -2.13. The summed E-state index contributed by atoms with van der Waals surface area (Å²) < 4.78 is 42.1. The molecule has 1 aliphatic heterocycles. The van der Waals surface area contributed by atoms with Gasteiger partial charge in [-0.15, -0.1) is 0 Å². The third-order valence-electron chi connectivity index (χ3n) is 2.35. The third-order valence-corrected chi connectivity index (χ3v) is 2.35. The van der Waals surface area contributed by atoms with Crippen LogP contribution in [0.25, 0.3) is 0 Å². The van der Waals surface area contributed by atoms with E-state index in [0.29, 0.717) is 0 Å². The van der Waals surface area contributed by atoms with E-state index in [1.54, 1.807) is 0 Å². The molecule has 1 aliphatic rings. The number of alkyl halides is 3. The lowest BCUT2D eigenvalue weighted by Crippen LogP contribution is -2.16. The Morgan fingerprint density at radius 2 is 2.06 bits per heavy atom. The van der Waals surface area contributed by atoms with E-state index in [2.05, 4.69) is 9.72 Å². The van der Waals surface area contributed by atoms with E-state index in [4.69, 9.17) is 0 Å². The molecule has 1 aromatic heterocycles. The molecule has 0 spiro atoms. The smallest absolute Gasteiger partial charge is 0.393 e. The van der Waals surface area contributed by atoms with E-state index in [1.807, 2.05) is 0 Å². The molecule has 1 unspecified atom stereocenters. The number of carbonyl (C=O) groups is 2. The molecule has 2 heterocycles. The second kappa shape index (κ2) is 3.83. The molecule has 0 N–H and O–H groups in total. The molecule has 2 rings (SSSR count). The maximum absolute atomic E-state index is 12.6. The Morgan fingerprint density at radius 1 is 1.35 bits per heavy atom. The molecule has 1 atom stereocenters. The van der Waals surface area contributed by atoms with Gasteiger partial charge in [0.2, 0.25) is 0 Å². The molecule has 1 saturated heterocycles. The van der Waals surface area contributed by atoms with Crippen LogP contribution >= 0.6 is 0 Å². The highest BCUT2D eigenvalue weighted by atomic mass is 19.4. The van der Waals surface area contributed by atoms with Gasteiger partial charge in [0.15, 0.2) is 0 Å². The topological polar surface area (TPSA) is 56.3 Å². The van der Waals surface area contributed by atoms with Crippen LogP contribution in [0.1, 0.15) is 23.6 Å². The average Bonchev–Trinajstić information content (AvgIpc) is 2.56. The summed E-state index contributed by atoms with van der Waals surface area (Å²) in [5.74, 6) is -3.00. The van der Waals surface area contributed by atoms with Crippen LogP contribution in [-0.2, 0) is 20.5 Å². The average molecular weight is 245 g/mol. The fourth-order valence-corrected chi connectivity index (χ4v) is 1.65. The number of esters is 2. The number of hydrogen-bond acceptors (Lipinski definition) is 4. The standard InChI is InChI=1S/C10H6F3NO3/c11-10(12,13)8-5(2-1-3-14-8)6-4-7(15)17-9(6)16/h1-3,6H,4H2. The number of halogens is 3. The minimum atomic E-state index is -4.66. The zero-order valence-electron chi connectivity index (χ0n) is 8.32. The Kier molecular flexibility index (Phi) is 2.60. The summed E-state index contributed by atoms with van der Waals surface area (Å²) in [5, 5.41) is 0. The molecule has 0 bridgehead atoms. The lowest BCUT2D eigenvalue weighted by molar-refractivity contribution is -0.152. The quantitative estimate of drug-likeness (QED) is 0.557. The number of rotatable bonds is 1. The third kappa shape index (κ3) is 2.13. The van der Waals surface area contributed by atoms with Crippen LogP contribution in [0.5, 0.6) is 0 Å². The molecule has 0 radical (unpaired) electrons. The Hall–Kier alpha value is -1.92. The van der Waals surface area contributed by atoms with Gasteiger partial charge >= 0.3 is 18.1 Å². The van der Waals surface area contributed by atoms with Crippen molar-refractivity contribution in [2.45, 2.75) is 18.5 Å². The summed E-state index contributed by atoms with van der Waals surface area (Å²) >= 11 is 0. The first-order chi connectivity index (χ1) is 7.89. The van der Waals surface area contributed by atoms with E-state index >= 15 is 0 Å². The summed E-state index contributed by atoms with van der Waals surface area (Å²) in [6, 6.07) is 2.40. The van der Waals surface area contributed by atoms with E-state index in [9.17, 15) is 22.8 Å². The SMILES string of the molecule is O=C1CC(c2cccnc2C(F)(F)F)C(=O)O1. The Labute approximate surface area is 93.4 Å². The number of cyclic esters (lactones) is 2. The van der Waals surface area contributed by atoms with Crippen molar-refractivity contribution in [2.24, 2.45) is 0 Å². The minimum Gasteiger partial charge on any atom is -0.393 e. The van der Waals surface area contributed by atoms with E-state index < -0.39 is 29.7 Å². The van der Waals surface area contributed by atoms with Crippen molar-refractivity contribution in [3.8, 4) is 0 Å². The van der Waals surface area contributed by atoms with Gasteiger partial charge < -0.3 is 4.74 Å². The summed E-state index contributed by atoms with van der Waals surface area (Å²) in [6.07, 6.45) is -4.06. The fraction of sp³-hybridized carbons (Fsp3) is 0.300. The summed E-state index contributed by atoms with van der Waals surface area (Å²) in [4.78, 5) is 25.3. The maximum atomic E-state index is 12.6. The molecular formula is C10H6F3NO3. The number of ether oxygens (including phenoxy) is 1. The maximum Gasteiger partial charge on any atom is 0.433 e. The first-order valence-electron chi connectivity index (χ1n) is 4.66. The summed E-state index contributed by atoms with van der Waals surface area (Å²) in [6.45, 7) is 0. The van der Waals surface area contributed by atoms with E-state index in [-0.39, 0.29) is 12.0 Å². The largest absolute Gasteiger partial charge is 0.433 e.